The summed E-state index contributed by atoms with van der Waals surface area (Å²) >= 11 is 0. The summed E-state index contributed by atoms with van der Waals surface area (Å²) in [7, 11) is -1.94. The molecule has 1 fully saturated rings. The van der Waals surface area contributed by atoms with Crippen LogP contribution in [0.4, 0.5) is 0 Å². The number of carbonyl (C=O) groups is 1. The highest BCUT2D eigenvalue weighted by Gasteiger charge is 2.29. The lowest BCUT2D eigenvalue weighted by Crippen LogP contribution is -2.37. The molecule has 2 aromatic rings. The van der Waals surface area contributed by atoms with Gasteiger partial charge in [0.15, 0.2) is 0 Å². The Kier molecular flexibility index (Phi) is 6.53. The third-order valence-corrected chi connectivity index (χ3v) is 6.46. The Hall–Kier alpha value is -2.46. The molecule has 1 amide bonds. The second kappa shape index (κ2) is 8.91. The zero-order valence-corrected chi connectivity index (χ0v) is 17.8. The van der Waals surface area contributed by atoms with Crippen LogP contribution in [0.25, 0.3) is 0 Å². The fourth-order valence-corrected chi connectivity index (χ4v) is 4.50. The van der Waals surface area contributed by atoms with E-state index in [9.17, 15) is 13.2 Å². The Bertz CT molecular complexity index is 940. The molecule has 0 atom stereocenters. The first-order valence-electron chi connectivity index (χ1n) is 9.64. The maximum absolute atomic E-state index is 12.8. The van der Waals surface area contributed by atoms with Crippen molar-refractivity contribution in [1.82, 2.24) is 24.0 Å². The van der Waals surface area contributed by atoms with Crippen LogP contribution in [0.3, 0.4) is 0 Å². The third kappa shape index (κ3) is 5.13. The Morgan fingerprint density at radius 1 is 1.17 bits per heavy atom. The van der Waals surface area contributed by atoms with Crippen molar-refractivity contribution in [3.63, 3.8) is 0 Å². The number of ether oxygens (including phenoxy) is 1. The van der Waals surface area contributed by atoms with Crippen LogP contribution < -0.4 is 4.74 Å². The van der Waals surface area contributed by atoms with Crippen LogP contribution in [0, 0.1) is 5.92 Å². The van der Waals surface area contributed by atoms with E-state index in [1.165, 1.54) is 27.6 Å². The molecule has 1 saturated heterocycles. The first-order chi connectivity index (χ1) is 13.8. The van der Waals surface area contributed by atoms with Gasteiger partial charge in [-0.05, 0) is 18.4 Å². The lowest BCUT2D eigenvalue weighted by atomic mass is 10.2. The Balaban J connectivity index is 1.63. The van der Waals surface area contributed by atoms with Gasteiger partial charge in [-0.2, -0.15) is 9.40 Å². The maximum Gasteiger partial charge on any atom is 0.255 e. The quantitative estimate of drug-likeness (QED) is 0.699. The average Bonchev–Trinajstić information content (AvgIpc) is 2.99. The molecular weight excluding hydrogens is 394 g/mol. The van der Waals surface area contributed by atoms with Crippen LogP contribution in [0.1, 0.15) is 30.6 Å². The summed E-state index contributed by atoms with van der Waals surface area (Å²) in [4.78, 5) is 18.9. The molecule has 29 heavy (non-hydrogen) atoms. The second-order valence-electron chi connectivity index (χ2n) is 7.49. The van der Waals surface area contributed by atoms with Crippen LogP contribution in [0.2, 0.25) is 0 Å². The van der Waals surface area contributed by atoms with E-state index in [4.69, 9.17) is 4.74 Å². The van der Waals surface area contributed by atoms with Gasteiger partial charge in [0.1, 0.15) is 4.90 Å². The fraction of sp³-hybridized carbons (Fsp3) is 0.526. The van der Waals surface area contributed by atoms with Crippen molar-refractivity contribution in [2.75, 3.05) is 32.8 Å². The predicted molar refractivity (Wildman–Crippen MR) is 107 cm³/mol. The van der Waals surface area contributed by atoms with Crippen molar-refractivity contribution in [2.24, 2.45) is 13.0 Å². The molecule has 0 saturated carbocycles. The molecule has 1 aliphatic heterocycles. The minimum atomic E-state index is -3.61. The number of carbonyl (C=O) groups excluding carboxylic acids is 1. The van der Waals surface area contributed by atoms with Gasteiger partial charge >= 0.3 is 0 Å². The number of amides is 1. The highest BCUT2D eigenvalue weighted by Crippen LogP contribution is 2.18. The molecule has 0 spiro atoms. The topological polar surface area (TPSA) is 97.6 Å². The molecule has 0 unspecified atom stereocenters. The predicted octanol–water partition coefficient (Wildman–Crippen LogP) is 1.39. The summed E-state index contributed by atoms with van der Waals surface area (Å²) in [5, 5.41) is 3.94. The van der Waals surface area contributed by atoms with Crippen LogP contribution in [-0.4, -0.2) is 71.1 Å². The van der Waals surface area contributed by atoms with Crippen LogP contribution in [0.15, 0.2) is 35.6 Å². The molecule has 3 rings (SSSR count). The normalized spacial score (nSPS) is 16.1. The molecule has 3 heterocycles. The molecule has 0 N–H and O–H groups in total. The number of hydrogen-bond acceptors (Lipinski definition) is 6. The first-order valence-corrected chi connectivity index (χ1v) is 11.1. The summed E-state index contributed by atoms with van der Waals surface area (Å²) in [6.07, 6.45) is 4.90. The SMILES string of the molecule is CC(C)COc1ccc(C(=O)N2CCCN(S(=O)(=O)c3cnn(C)c3)CC2)cn1. The van der Waals surface area contributed by atoms with E-state index in [1.54, 1.807) is 24.1 Å². The maximum atomic E-state index is 12.8. The van der Waals surface area contributed by atoms with Crippen molar-refractivity contribution >= 4 is 15.9 Å². The van der Waals surface area contributed by atoms with Gasteiger partial charge in [0.25, 0.3) is 5.91 Å². The molecule has 0 radical (unpaired) electrons. The fourth-order valence-electron chi connectivity index (χ4n) is 3.05. The monoisotopic (exact) mass is 421 g/mol. The van der Waals surface area contributed by atoms with Gasteiger partial charge in [-0.3, -0.25) is 9.48 Å². The van der Waals surface area contributed by atoms with Crippen molar-refractivity contribution < 1.29 is 17.9 Å². The van der Waals surface area contributed by atoms with Crippen molar-refractivity contribution in [3.8, 4) is 5.88 Å². The van der Waals surface area contributed by atoms with Crippen molar-refractivity contribution in [2.45, 2.75) is 25.2 Å². The minimum Gasteiger partial charge on any atom is -0.477 e. The van der Waals surface area contributed by atoms with E-state index in [0.29, 0.717) is 50.0 Å². The van der Waals surface area contributed by atoms with Crippen LogP contribution >= 0.6 is 0 Å². The molecule has 158 valence electrons. The lowest BCUT2D eigenvalue weighted by Gasteiger charge is -2.21. The Morgan fingerprint density at radius 2 is 1.97 bits per heavy atom. The zero-order chi connectivity index (χ0) is 21.0. The van der Waals surface area contributed by atoms with Crippen molar-refractivity contribution in [1.29, 1.82) is 0 Å². The summed E-state index contributed by atoms with van der Waals surface area (Å²) in [5.74, 6) is 0.717. The van der Waals surface area contributed by atoms with Crippen molar-refractivity contribution in [3.05, 3.63) is 36.3 Å². The van der Waals surface area contributed by atoms with Gasteiger partial charge in [-0.25, -0.2) is 13.4 Å². The molecule has 1 aliphatic rings. The highest BCUT2D eigenvalue weighted by atomic mass is 32.2. The third-order valence-electron chi connectivity index (χ3n) is 4.61. The van der Waals surface area contributed by atoms with E-state index in [1.807, 2.05) is 0 Å². The van der Waals surface area contributed by atoms with Gasteiger partial charge in [0.05, 0.1) is 18.4 Å². The summed E-state index contributed by atoms with van der Waals surface area (Å²) in [5.41, 5.74) is 0.463. The van der Waals surface area contributed by atoms with Crippen LogP contribution in [0.5, 0.6) is 5.88 Å². The van der Waals surface area contributed by atoms with E-state index < -0.39 is 10.0 Å². The molecule has 0 aromatic carbocycles. The number of sulfonamides is 1. The number of aromatic nitrogens is 3. The van der Waals surface area contributed by atoms with E-state index in [-0.39, 0.29) is 17.3 Å². The average molecular weight is 422 g/mol. The van der Waals surface area contributed by atoms with Crippen LogP contribution in [-0.2, 0) is 17.1 Å². The Labute approximate surface area is 171 Å². The smallest absolute Gasteiger partial charge is 0.255 e. The number of nitrogens with zero attached hydrogens (tertiary/aromatic N) is 5. The first kappa shape index (κ1) is 21.3. The number of hydrogen-bond donors (Lipinski definition) is 0. The molecular formula is C19H27N5O4S. The highest BCUT2D eigenvalue weighted by molar-refractivity contribution is 7.89. The number of aryl methyl sites for hydroxylation is 1. The summed E-state index contributed by atoms with van der Waals surface area (Å²) in [6.45, 7) is 6.08. The molecule has 0 bridgehead atoms. The standard InChI is InChI=1S/C19H27N5O4S/c1-15(2)14-28-18-6-5-16(11-20-18)19(25)23-7-4-8-24(10-9-23)29(26,27)17-12-21-22(3)13-17/h5-6,11-13,15H,4,7-10,14H2,1-3H3. The van der Waals surface area contributed by atoms with Gasteiger partial charge < -0.3 is 9.64 Å². The van der Waals surface area contributed by atoms with E-state index in [2.05, 4.69) is 23.9 Å². The summed E-state index contributed by atoms with van der Waals surface area (Å²) in [6, 6.07) is 3.38. The molecule has 0 aliphatic carbocycles. The second-order valence-corrected chi connectivity index (χ2v) is 9.43. The van der Waals surface area contributed by atoms with E-state index >= 15 is 0 Å². The minimum absolute atomic E-state index is 0.159. The largest absolute Gasteiger partial charge is 0.477 e. The van der Waals surface area contributed by atoms with Gasteiger partial charge in [0.2, 0.25) is 15.9 Å². The number of pyridine rings is 1. The number of rotatable bonds is 6. The molecule has 10 heteroatoms. The molecule has 9 nitrogen and oxygen atoms in total. The van der Waals surface area contributed by atoms with Gasteiger partial charge in [0, 0.05) is 51.7 Å². The van der Waals surface area contributed by atoms with Gasteiger partial charge in [-0.15, -0.1) is 0 Å². The zero-order valence-electron chi connectivity index (χ0n) is 17.0. The van der Waals surface area contributed by atoms with Gasteiger partial charge in [-0.1, -0.05) is 13.8 Å². The molecule has 2 aromatic heterocycles. The van der Waals surface area contributed by atoms with E-state index in [0.717, 1.165) is 0 Å². The Morgan fingerprint density at radius 3 is 2.59 bits per heavy atom. The lowest BCUT2D eigenvalue weighted by molar-refractivity contribution is 0.0763. The summed E-state index contributed by atoms with van der Waals surface area (Å²) < 4.78 is 34.0.